The molecule has 6 nitrogen and oxygen atoms in total. The molecule has 148 valence electrons. The molecule has 3 heterocycles. The fraction of sp³-hybridized carbons (Fsp3) is 0.304. The lowest BCUT2D eigenvalue weighted by atomic mass is 9.83. The minimum absolute atomic E-state index is 0.0523. The van der Waals surface area contributed by atoms with E-state index in [1.807, 2.05) is 37.3 Å². The van der Waals surface area contributed by atoms with Gasteiger partial charge in [0, 0.05) is 29.7 Å². The molecule has 5 rings (SSSR count). The molecule has 0 atom stereocenters. The zero-order valence-electron chi connectivity index (χ0n) is 16.2. The maximum atomic E-state index is 12.9. The van der Waals surface area contributed by atoms with Crippen molar-refractivity contribution in [1.29, 1.82) is 0 Å². The Kier molecular flexibility index (Phi) is 4.17. The molecular formula is C23H22N2O4. The number of hydrogen-bond donors (Lipinski definition) is 1. The van der Waals surface area contributed by atoms with Gasteiger partial charge in [0.15, 0.2) is 11.5 Å². The van der Waals surface area contributed by atoms with Crippen molar-refractivity contribution in [3.8, 4) is 11.5 Å². The first-order valence-electron chi connectivity index (χ1n) is 9.81. The SMILES string of the molecule is Cc1ccc2cc(C3(O)CCN(C(=O)c4ccc5c(c4)OCO5)CC3)ccc2n1. The van der Waals surface area contributed by atoms with Crippen molar-refractivity contribution in [3.63, 3.8) is 0 Å². The van der Waals surface area contributed by atoms with E-state index in [1.165, 1.54) is 0 Å². The zero-order valence-corrected chi connectivity index (χ0v) is 16.2. The van der Waals surface area contributed by atoms with Crippen molar-refractivity contribution in [2.24, 2.45) is 0 Å². The number of nitrogens with zero attached hydrogens (tertiary/aromatic N) is 2. The van der Waals surface area contributed by atoms with Gasteiger partial charge in [-0.3, -0.25) is 9.78 Å². The molecule has 0 radical (unpaired) electrons. The fourth-order valence-electron chi connectivity index (χ4n) is 4.10. The van der Waals surface area contributed by atoms with Gasteiger partial charge >= 0.3 is 0 Å². The number of aryl methyl sites for hydroxylation is 1. The number of pyridine rings is 1. The highest BCUT2D eigenvalue weighted by Crippen LogP contribution is 2.36. The number of piperidine rings is 1. The first-order valence-corrected chi connectivity index (χ1v) is 9.81. The summed E-state index contributed by atoms with van der Waals surface area (Å²) in [7, 11) is 0. The Bertz CT molecular complexity index is 1100. The minimum Gasteiger partial charge on any atom is -0.454 e. The second kappa shape index (κ2) is 6.74. The third-order valence-electron chi connectivity index (χ3n) is 5.86. The van der Waals surface area contributed by atoms with Crippen LogP contribution in [0.2, 0.25) is 0 Å². The van der Waals surface area contributed by atoms with Crippen LogP contribution in [0.1, 0.15) is 34.5 Å². The number of benzene rings is 2. The van der Waals surface area contributed by atoms with Crippen LogP contribution >= 0.6 is 0 Å². The van der Waals surface area contributed by atoms with Gasteiger partial charge in [-0.25, -0.2) is 0 Å². The van der Waals surface area contributed by atoms with Crippen LogP contribution in [0.5, 0.6) is 11.5 Å². The van der Waals surface area contributed by atoms with Crippen LogP contribution in [0, 0.1) is 6.92 Å². The van der Waals surface area contributed by atoms with Crippen molar-refractivity contribution in [2.75, 3.05) is 19.9 Å². The highest BCUT2D eigenvalue weighted by Gasteiger charge is 2.36. The van der Waals surface area contributed by atoms with Crippen LogP contribution < -0.4 is 9.47 Å². The quantitative estimate of drug-likeness (QED) is 0.726. The van der Waals surface area contributed by atoms with Crippen molar-refractivity contribution in [2.45, 2.75) is 25.4 Å². The first-order chi connectivity index (χ1) is 14.0. The number of aliphatic hydroxyl groups is 1. The number of hydrogen-bond acceptors (Lipinski definition) is 5. The van der Waals surface area contributed by atoms with Crippen LogP contribution in [0.15, 0.2) is 48.5 Å². The first kappa shape index (κ1) is 17.9. The van der Waals surface area contributed by atoms with Crippen LogP contribution in [0.3, 0.4) is 0 Å². The smallest absolute Gasteiger partial charge is 0.253 e. The molecular weight excluding hydrogens is 368 g/mol. The predicted molar refractivity (Wildman–Crippen MR) is 108 cm³/mol. The molecule has 2 aliphatic rings. The van der Waals surface area contributed by atoms with E-state index in [-0.39, 0.29) is 12.7 Å². The fourth-order valence-corrected chi connectivity index (χ4v) is 4.10. The number of carbonyl (C=O) groups is 1. The predicted octanol–water partition coefficient (Wildman–Crippen LogP) is 3.40. The molecule has 0 spiro atoms. The summed E-state index contributed by atoms with van der Waals surface area (Å²) in [4.78, 5) is 19.2. The maximum absolute atomic E-state index is 12.9. The average molecular weight is 390 g/mol. The largest absolute Gasteiger partial charge is 0.454 e. The zero-order chi connectivity index (χ0) is 20.0. The Labute approximate surface area is 168 Å². The van der Waals surface area contributed by atoms with Gasteiger partial charge in [0.1, 0.15) is 0 Å². The third-order valence-corrected chi connectivity index (χ3v) is 5.86. The monoisotopic (exact) mass is 390 g/mol. The van der Waals surface area contributed by atoms with Gasteiger partial charge in [0.25, 0.3) is 5.91 Å². The summed E-state index contributed by atoms with van der Waals surface area (Å²) in [5.41, 5.74) is 2.41. The van der Waals surface area contributed by atoms with Gasteiger partial charge in [0.2, 0.25) is 6.79 Å². The van der Waals surface area contributed by atoms with Crippen molar-refractivity contribution < 1.29 is 19.4 Å². The van der Waals surface area contributed by atoms with Crippen LogP contribution in [0.4, 0.5) is 0 Å². The number of likely N-dealkylation sites (tertiary alicyclic amines) is 1. The number of ether oxygens (including phenoxy) is 2. The maximum Gasteiger partial charge on any atom is 0.253 e. The summed E-state index contributed by atoms with van der Waals surface area (Å²) < 4.78 is 10.7. The van der Waals surface area contributed by atoms with Crippen molar-refractivity contribution in [3.05, 3.63) is 65.4 Å². The topological polar surface area (TPSA) is 71.9 Å². The number of fused-ring (bicyclic) bond motifs is 2. The summed E-state index contributed by atoms with van der Waals surface area (Å²) in [6.45, 7) is 3.14. The average Bonchev–Trinajstić information content (AvgIpc) is 3.21. The van der Waals surface area contributed by atoms with Crippen LogP contribution in [-0.2, 0) is 5.60 Å². The lowest BCUT2D eigenvalue weighted by Gasteiger charge is -2.38. The molecule has 1 amide bonds. The number of aromatic nitrogens is 1. The van der Waals surface area contributed by atoms with E-state index in [0.717, 1.165) is 22.2 Å². The molecule has 1 fully saturated rings. The molecule has 1 aromatic heterocycles. The second-order valence-corrected chi connectivity index (χ2v) is 7.75. The number of rotatable bonds is 2. The lowest BCUT2D eigenvalue weighted by Crippen LogP contribution is -2.45. The van der Waals surface area contributed by atoms with Gasteiger partial charge in [-0.2, -0.15) is 0 Å². The molecule has 2 aromatic carbocycles. The van der Waals surface area contributed by atoms with Gasteiger partial charge < -0.3 is 19.5 Å². The van der Waals surface area contributed by atoms with E-state index < -0.39 is 5.60 Å². The van der Waals surface area contributed by atoms with Gasteiger partial charge in [0.05, 0.1) is 11.1 Å². The number of amides is 1. The Morgan fingerprint density at radius 1 is 1.03 bits per heavy atom. The van der Waals surface area contributed by atoms with E-state index in [9.17, 15) is 9.90 Å². The Morgan fingerprint density at radius 2 is 1.83 bits per heavy atom. The summed E-state index contributed by atoms with van der Waals surface area (Å²) in [5, 5.41) is 12.3. The Hall–Kier alpha value is -3.12. The minimum atomic E-state index is -0.940. The highest BCUT2D eigenvalue weighted by molar-refractivity contribution is 5.95. The van der Waals surface area contributed by atoms with Crippen LogP contribution in [-0.4, -0.2) is 40.8 Å². The summed E-state index contributed by atoms with van der Waals surface area (Å²) >= 11 is 0. The molecule has 0 unspecified atom stereocenters. The lowest BCUT2D eigenvalue weighted by molar-refractivity contribution is -0.0210. The van der Waals surface area contributed by atoms with E-state index in [4.69, 9.17) is 9.47 Å². The van der Waals surface area contributed by atoms with Gasteiger partial charge in [-0.05, 0) is 61.7 Å². The Morgan fingerprint density at radius 3 is 2.66 bits per heavy atom. The summed E-state index contributed by atoms with van der Waals surface area (Å²) in [5.74, 6) is 1.21. The van der Waals surface area contributed by atoms with E-state index >= 15 is 0 Å². The van der Waals surface area contributed by atoms with Gasteiger partial charge in [-0.1, -0.05) is 12.1 Å². The van der Waals surface area contributed by atoms with Crippen LogP contribution in [0.25, 0.3) is 10.9 Å². The third kappa shape index (κ3) is 3.19. The summed E-state index contributed by atoms with van der Waals surface area (Å²) in [6.07, 6.45) is 0.988. The van der Waals surface area contributed by atoms with E-state index in [0.29, 0.717) is 43.0 Å². The van der Waals surface area contributed by atoms with Crippen molar-refractivity contribution in [1.82, 2.24) is 9.88 Å². The molecule has 29 heavy (non-hydrogen) atoms. The molecule has 0 aliphatic carbocycles. The second-order valence-electron chi connectivity index (χ2n) is 7.75. The molecule has 2 aliphatic heterocycles. The van der Waals surface area contributed by atoms with Crippen molar-refractivity contribution >= 4 is 16.8 Å². The molecule has 1 saturated heterocycles. The summed E-state index contributed by atoms with van der Waals surface area (Å²) in [6, 6.07) is 15.2. The molecule has 3 aromatic rings. The van der Waals surface area contributed by atoms with E-state index in [2.05, 4.69) is 4.98 Å². The normalized spacial score (nSPS) is 17.5. The highest BCUT2D eigenvalue weighted by atomic mass is 16.7. The molecule has 1 N–H and O–H groups in total. The molecule has 0 saturated carbocycles. The standard InChI is InChI=1S/C23H22N2O4/c1-15-2-3-16-12-18(5-6-19(16)24-15)23(27)8-10-25(11-9-23)22(26)17-4-7-20-21(13-17)29-14-28-20/h2-7,12-13,27H,8-11,14H2,1H3. The molecule has 0 bridgehead atoms. The Balaban J connectivity index is 1.32. The molecule has 6 heteroatoms. The van der Waals surface area contributed by atoms with Gasteiger partial charge in [-0.15, -0.1) is 0 Å². The van der Waals surface area contributed by atoms with E-state index in [1.54, 1.807) is 23.1 Å². The number of carbonyl (C=O) groups excluding carboxylic acids is 1.